The first kappa shape index (κ1) is 18.1. The van der Waals surface area contributed by atoms with Crippen molar-refractivity contribution in [1.29, 1.82) is 0 Å². The summed E-state index contributed by atoms with van der Waals surface area (Å²) >= 11 is 7.18. The Kier molecular flexibility index (Phi) is 5.06. The van der Waals surface area contributed by atoms with Crippen LogP contribution >= 0.6 is 22.9 Å². The zero-order valence-corrected chi connectivity index (χ0v) is 15.5. The van der Waals surface area contributed by atoms with E-state index in [1.807, 2.05) is 25.1 Å². The number of ether oxygens (including phenoxy) is 1. The third kappa shape index (κ3) is 3.47. The van der Waals surface area contributed by atoms with Crippen LogP contribution in [0.3, 0.4) is 0 Å². The lowest BCUT2D eigenvalue weighted by atomic mass is 10.2. The molecule has 0 aliphatic rings. The molecule has 26 heavy (non-hydrogen) atoms. The van der Waals surface area contributed by atoms with E-state index in [2.05, 4.69) is 4.99 Å². The molecule has 0 N–H and O–H groups in total. The fraction of sp³-hybridized carbons (Fsp3) is 0.176. The van der Waals surface area contributed by atoms with E-state index < -0.39 is 10.8 Å². The summed E-state index contributed by atoms with van der Waals surface area (Å²) < 4.78 is 8.13. The number of amides is 1. The number of nitro groups is 1. The van der Waals surface area contributed by atoms with Crippen LogP contribution in [0.2, 0.25) is 5.02 Å². The monoisotopic (exact) mass is 391 g/mol. The summed E-state index contributed by atoms with van der Waals surface area (Å²) in [5.41, 5.74) is 0.408. The highest BCUT2D eigenvalue weighted by molar-refractivity contribution is 7.16. The molecule has 0 fully saturated rings. The number of benzene rings is 2. The van der Waals surface area contributed by atoms with Gasteiger partial charge in [0.2, 0.25) is 0 Å². The minimum Gasteiger partial charge on any atom is -0.494 e. The highest BCUT2D eigenvalue weighted by atomic mass is 35.5. The van der Waals surface area contributed by atoms with Crippen molar-refractivity contribution >= 4 is 44.7 Å². The Balaban J connectivity index is 2.10. The molecule has 2 aromatic carbocycles. The second kappa shape index (κ2) is 7.27. The molecule has 0 radical (unpaired) electrons. The Morgan fingerprint density at radius 2 is 2.12 bits per heavy atom. The first-order chi connectivity index (χ1) is 12.4. The normalized spacial score (nSPS) is 11.7. The van der Waals surface area contributed by atoms with Gasteiger partial charge >= 0.3 is 0 Å². The Hall–Kier alpha value is -2.71. The molecule has 0 aliphatic carbocycles. The third-order valence-electron chi connectivity index (χ3n) is 3.67. The van der Waals surface area contributed by atoms with Crippen molar-refractivity contribution in [3.05, 3.63) is 61.9 Å². The van der Waals surface area contributed by atoms with E-state index in [4.69, 9.17) is 16.3 Å². The van der Waals surface area contributed by atoms with Crippen LogP contribution in [0.4, 0.5) is 5.69 Å². The number of hydrogen-bond donors (Lipinski definition) is 0. The highest BCUT2D eigenvalue weighted by Gasteiger charge is 2.20. The molecular formula is C17H14ClN3O4S. The molecule has 1 amide bonds. The van der Waals surface area contributed by atoms with E-state index in [9.17, 15) is 14.9 Å². The van der Waals surface area contributed by atoms with Gasteiger partial charge in [0, 0.05) is 18.1 Å². The van der Waals surface area contributed by atoms with Crippen LogP contribution < -0.4 is 9.54 Å². The second-order valence-corrected chi connectivity index (χ2v) is 6.79. The van der Waals surface area contributed by atoms with Crippen LogP contribution in [-0.2, 0) is 7.05 Å². The summed E-state index contributed by atoms with van der Waals surface area (Å²) in [5.74, 6) is 0.0107. The molecule has 9 heteroatoms. The number of carbonyl (C=O) groups is 1. The van der Waals surface area contributed by atoms with Crippen LogP contribution in [0.15, 0.2) is 41.4 Å². The van der Waals surface area contributed by atoms with Crippen LogP contribution in [-0.4, -0.2) is 22.0 Å². The van der Waals surface area contributed by atoms with Crippen molar-refractivity contribution < 1.29 is 14.5 Å². The number of halogens is 1. The van der Waals surface area contributed by atoms with E-state index in [0.29, 0.717) is 11.4 Å². The Morgan fingerprint density at radius 1 is 1.35 bits per heavy atom. The van der Waals surface area contributed by atoms with Gasteiger partial charge in [-0.25, -0.2) is 0 Å². The van der Waals surface area contributed by atoms with Crippen molar-refractivity contribution in [3.63, 3.8) is 0 Å². The van der Waals surface area contributed by atoms with Crippen LogP contribution in [0.1, 0.15) is 17.3 Å². The number of rotatable bonds is 4. The second-order valence-electron chi connectivity index (χ2n) is 5.34. The van der Waals surface area contributed by atoms with Gasteiger partial charge < -0.3 is 9.30 Å². The quantitative estimate of drug-likeness (QED) is 0.497. The van der Waals surface area contributed by atoms with Crippen molar-refractivity contribution in [2.24, 2.45) is 12.0 Å². The Bertz CT molecular complexity index is 1090. The van der Waals surface area contributed by atoms with Gasteiger partial charge in [-0.1, -0.05) is 22.9 Å². The van der Waals surface area contributed by atoms with Gasteiger partial charge in [0.25, 0.3) is 11.6 Å². The van der Waals surface area contributed by atoms with Crippen molar-refractivity contribution in [2.75, 3.05) is 6.61 Å². The topological polar surface area (TPSA) is 86.7 Å². The highest BCUT2D eigenvalue weighted by Crippen LogP contribution is 2.25. The zero-order chi connectivity index (χ0) is 18.8. The summed E-state index contributed by atoms with van der Waals surface area (Å²) in [5, 5.41) is 11.4. The fourth-order valence-corrected chi connectivity index (χ4v) is 3.68. The largest absolute Gasteiger partial charge is 0.494 e. The van der Waals surface area contributed by atoms with Gasteiger partial charge in [-0.3, -0.25) is 14.9 Å². The number of nitrogens with zero attached hydrogens (tertiary/aromatic N) is 3. The molecule has 1 heterocycles. The standard InChI is InChI=1S/C17H14ClN3O4S/c1-3-25-11-5-7-14-15(9-11)26-17(20(14)2)19-16(22)12-8-10(18)4-6-13(12)21(23)24/h4-9H,3H2,1-2H3. The van der Waals surface area contributed by atoms with Crippen molar-refractivity contribution in [2.45, 2.75) is 6.92 Å². The first-order valence-electron chi connectivity index (χ1n) is 7.66. The fourth-order valence-electron chi connectivity index (χ4n) is 2.46. The number of fused-ring (bicyclic) bond motifs is 1. The van der Waals surface area contributed by atoms with Gasteiger partial charge in [0.15, 0.2) is 4.80 Å². The minimum absolute atomic E-state index is 0.144. The van der Waals surface area contributed by atoms with Gasteiger partial charge in [0.1, 0.15) is 11.3 Å². The van der Waals surface area contributed by atoms with Crippen LogP contribution in [0, 0.1) is 10.1 Å². The predicted molar refractivity (Wildman–Crippen MR) is 100.0 cm³/mol. The average molecular weight is 392 g/mol. The van der Waals surface area contributed by atoms with Crippen LogP contribution in [0.25, 0.3) is 10.2 Å². The van der Waals surface area contributed by atoms with E-state index in [0.717, 1.165) is 16.0 Å². The molecule has 0 saturated heterocycles. The maximum Gasteiger partial charge on any atom is 0.286 e. The number of aryl methyl sites for hydroxylation is 1. The summed E-state index contributed by atoms with van der Waals surface area (Å²) in [7, 11) is 1.78. The molecule has 0 atom stereocenters. The molecule has 1 aromatic heterocycles. The summed E-state index contributed by atoms with van der Waals surface area (Å²) in [6.07, 6.45) is 0. The lowest BCUT2D eigenvalue weighted by Crippen LogP contribution is -2.14. The van der Waals surface area contributed by atoms with E-state index in [-0.39, 0.29) is 16.3 Å². The van der Waals surface area contributed by atoms with E-state index in [1.54, 1.807) is 11.6 Å². The molecule has 0 spiro atoms. The van der Waals surface area contributed by atoms with Crippen molar-refractivity contribution in [1.82, 2.24) is 4.57 Å². The van der Waals surface area contributed by atoms with E-state index in [1.165, 1.54) is 29.5 Å². The molecule has 0 unspecified atom stereocenters. The molecule has 3 aromatic rings. The first-order valence-corrected chi connectivity index (χ1v) is 8.85. The number of aromatic nitrogens is 1. The summed E-state index contributed by atoms with van der Waals surface area (Å²) in [6, 6.07) is 9.41. The van der Waals surface area contributed by atoms with Crippen molar-refractivity contribution in [3.8, 4) is 5.75 Å². The van der Waals surface area contributed by atoms with Gasteiger partial charge in [-0.15, -0.1) is 0 Å². The molecule has 0 aliphatic heterocycles. The number of hydrogen-bond acceptors (Lipinski definition) is 5. The number of thiazole rings is 1. The van der Waals surface area contributed by atoms with Gasteiger partial charge in [-0.05, 0) is 37.3 Å². The predicted octanol–water partition coefficient (Wildman–Crippen LogP) is 3.94. The third-order valence-corrected chi connectivity index (χ3v) is 5.00. The molecular weight excluding hydrogens is 378 g/mol. The lowest BCUT2D eigenvalue weighted by Gasteiger charge is -2.02. The van der Waals surface area contributed by atoms with Crippen LogP contribution in [0.5, 0.6) is 5.75 Å². The molecule has 0 saturated carbocycles. The van der Waals surface area contributed by atoms with E-state index >= 15 is 0 Å². The zero-order valence-electron chi connectivity index (χ0n) is 13.9. The number of nitro benzene ring substituents is 1. The smallest absolute Gasteiger partial charge is 0.286 e. The molecule has 0 bridgehead atoms. The Labute approximate surface area is 157 Å². The minimum atomic E-state index is -0.716. The van der Waals surface area contributed by atoms with Gasteiger partial charge in [0.05, 0.1) is 21.7 Å². The maximum atomic E-state index is 12.5. The Morgan fingerprint density at radius 3 is 2.81 bits per heavy atom. The number of carbonyl (C=O) groups excluding carboxylic acids is 1. The molecule has 3 rings (SSSR count). The average Bonchev–Trinajstić information content (AvgIpc) is 2.90. The molecule has 134 valence electrons. The summed E-state index contributed by atoms with van der Waals surface area (Å²) in [4.78, 5) is 27.5. The van der Waals surface area contributed by atoms with Gasteiger partial charge in [-0.2, -0.15) is 4.99 Å². The lowest BCUT2D eigenvalue weighted by molar-refractivity contribution is -0.385. The SMILES string of the molecule is CCOc1ccc2c(c1)sc(=NC(=O)c1cc(Cl)ccc1[N+](=O)[O-])n2C. The maximum absolute atomic E-state index is 12.5. The molecule has 7 nitrogen and oxygen atoms in total. The summed E-state index contributed by atoms with van der Waals surface area (Å²) in [6.45, 7) is 2.45.